The van der Waals surface area contributed by atoms with Gasteiger partial charge in [-0.15, -0.1) is 0 Å². The predicted molar refractivity (Wildman–Crippen MR) is 108 cm³/mol. The van der Waals surface area contributed by atoms with E-state index in [1.807, 2.05) is 48.5 Å². The molecule has 6 heteroatoms. The first-order valence-corrected chi connectivity index (χ1v) is 9.74. The van der Waals surface area contributed by atoms with Crippen LogP contribution >= 0.6 is 15.9 Å². The Labute approximate surface area is 168 Å². The van der Waals surface area contributed by atoms with Crippen LogP contribution in [0, 0.1) is 0 Å². The van der Waals surface area contributed by atoms with Gasteiger partial charge in [0.1, 0.15) is 11.8 Å². The van der Waals surface area contributed by atoms with Crippen LogP contribution in [0.2, 0.25) is 0 Å². The monoisotopic (exact) mass is 433 g/mol. The zero-order valence-corrected chi connectivity index (χ0v) is 17.1. The fourth-order valence-electron chi connectivity index (χ4n) is 2.55. The highest BCUT2D eigenvalue weighted by Crippen LogP contribution is 2.26. The van der Waals surface area contributed by atoms with E-state index in [1.165, 1.54) is 5.56 Å². The normalized spacial score (nSPS) is 11.5. The quantitative estimate of drug-likeness (QED) is 0.612. The minimum atomic E-state index is -0.755. The third kappa shape index (κ3) is 6.71. The summed E-state index contributed by atoms with van der Waals surface area (Å²) in [6, 6.07) is 14.5. The molecule has 0 radical (unpaired) electrons. The number of benzene rings is 2. The molecule has 0 aliphatic heterocycles. The smallest absolute Gasteiger partial charge is 0.328 e. The number of halogens is 1. The molecule has 1 N–H and O–H groups in total. The van der Waals surface area contributed by atoms with Gasteiger partial charge in [0.25, 0.3) is 5.91 Å². The van der Waals surface area contributed by atoms with Gasteiger partial charge in [-0.25, -0.2) is 4.79 Å². The number of rotatable bonds is 9. The van der Waals surface area contributed by atoms with E-state index in [9.17, 15) is 9.59 Å². The molecule has 0 aromatic heterocycles. The van der Waals surface area contributed by atoms with Gasteiger partial charge in [0, 0.05) is 6.42 Å². The van der Waals surface area contributed by atoms with Crippen molar-refractivity contribution in [1.82, 2.24) is 5.32 Å². The number of amides is 1. The molecule has 144 valence electrons. The Kier molecular flexibility index (Phi) is 8.33. The van der Waals surface area contributed by atoms with Gasteiger partial charge in [-0.2, -0.15) is 0 Å². The lowest BCUT2D eigenvalue weighted by molar-refractivity contribution is -0.147. The fraction of sp³-hybridized carbons (Fsp3) is 0.333. The number of aryl methyl sites for hydroxylation is 1. The zero-order valence-electron chi connectivity index (χ0n) is 15.5. The lowest BCUT2D eigenvalue weighted by atomic mass is 10.1. The highest BCUT2D eigenvalue weighted by molar-refractivity contribution is 9.10. The molecule has 0 heterocycles. The van der Waals surface area contributed by atoms with Gasteiger partial charge >= 0.3 is 5.97 Å². The minimum Gasteiger partial charge on any atom is -0.483 e. The van der Waals surface area contributed by atoms with Gasteiger partial charge < -0.3 is 14.8 Å². The van der Waals surface area contributed by atoms with Crippen LogP contribution in [-0.4, -0.2) is 31.1 Å². The first-order valence-electron chi connectivity index (χ1n) is 8.94. The molecule has 1 amide bonds. The van der Waals surface area contributed by atoms with Crippen molar-refractivity contribution in [2.45, 2.75) is 32.7 Å². The molecule has 1 atom stereocenters. The largest absolute Gasteiger partial charge is 0.483 e. The first-order chi connectivity index (χ1) is 13.0. The lowest BCUT2D eigenvalue weighted by Gasteiger charge is -2.18. The van der Waals surface area contributed by atoms with Crippen molar-refractivity contribution in [3.8, 4) is 5.75 Å². The molecule has 0 fully saturated rings. The van der Waals surface area contributed by atoms with E-state index in [4.69, 9.17) is 9.47 Å². The highest BCUT2D eigenvalue weighted by Gasteiger charge is 2.22. The van der Waals surface area contributed by atoms with Gasteiger partial charge in [-0.05, 0) is 52.5 Å². The van der Waals surface area contributed by atoms with E-state index >= 15 is 0 Å². The highest BCUT2D eigenvalue weighted by atomic mass is 79.9. The SMILES string of the molecule is CCOC(=O)C(Cc1ccccc1)NC(=O)COc1ccc(CC)cc1Br. The third-order valence-electron chi connectivity index (χ3n) is 3.95. The molecule has 27 heavy (non-hydrogen) atoms. The zero-order chi connectivity index (χ0) is 19.6. The van der Waals surface area contributed by atoms with Gasteiger partial charge in [-0.1, -0.05) is 43.3 Å². The Morgan fingerprint density at radius 2 is 1.81 bits per heavy atom. The molecule has 0 saturated carbocycles. The summed E-state index contributed by atoms with van der Waals surface area (Å²) < 4.78 is 11.5. The molecule has 2 aromatic carbocycles. The fourth-order valence-corrected chi connectivity index (χ4v) is 3.09. The van der Waals surface area contributed by atoms with Gasteiger partial charge in [0.05, 0.1) is 11.1 Å². The first kappa shape index (κ1) is 21.0. The number of nitrogens with one attached hydrogen (secondary N) is 1. The molecule has 1 unspecified atom stereocenters. The lowest BCUT2D eigenvalue weighted by Crippen LogP contribution is -2.45. The van der Waals surface area contributed by atoms with Crippen molar-refractivity contribution in [2.75, 3.05) is 13.2 Å². The molecule has 0 aliphatic carbocycles. The van der Waals surface area contributed by atoms with Crippen LogP contribution in [0.1, 0.15) is 25.0 Å². The molecule has 0 bridgehead atoms. The molecule has 0 aliphatic rings. The van der Waals surface area contributed by atoms with E-state index in [2.05, 4.69) is 28.2 Å². The number of hydrogen-bond donors (Lipinski definition) is 1. The number of carbonyl (C=O) groups excluding carboxylic acids is 2. The number of hydrogen-bond acceptors (Lipinski definition) is 4. The molecule has 0 spiro atoms. The van der Waals surface area contributed by atoms with Gasteiger partial charge in [0.15, 0.2) is 6.61 Å². The maximum Gasteiger partial charge on any atom is 0.328 e. The number of carbonyl (C=O) groups is 2. The molecule has 5 nitrogen and oxygen atoms in total. The van der Waals surface area contributed by atoms with E-state index < -0.39 is 12.0 Å². The molecular formula is C21H24BrNO4. The number of ether oxygens (including phenoxy) is 2. The van der Waals surface area contributed by atoms with Crippen molar-refractivity contribution >= 4 is 27.8 Å². The maximum absolute atomic E-state index is 12.3. The molecule has 0 saturated heterocycles. The summed E-state index contributed by atoms with van der Waals surface area (Å²) in [4.78, 5) is 24.5. The topological polar surface area (TPSA) is 64.6 Å². The Morgan fingerprint density at radius 1 is 1.07 bits per heavy atom. The standard InChI is InChI=1S/C21H24BrNO4/c1-3-15-10-11-19(17(22)12-15)27-14-20(24)23-18(21(25)26-4-2)13-16-8-6-5-7-9-16/h5-12,18H,3-4,13-14H2,1-2H3,(H,23,24). The van der Waals surface area contributed by atoms with Crippen LogP contribution in [-0.2, 0) is 27.2 Å². The Bertz CT molecular complexity index is 764. The van der Waals surface area contributed by atoms with Gasteiger partial charge in [-0.3, -0.25) is 4.79 Å². The van der Waals surface area contributed by atoms with Crippen molar-refractivity contribution in [3.63, 3.8) is 0 Å². The van der Waals surface area contributed by atoms with Gasteiger partial charge in [0.2, 0.25) is 0 Å². The van der Waals surface area contributed by atoms with Crippen molar-refractivity contribution in [1.29, 1.82) is 0 Å². The molecular weight excluding hydrogens is 410 g/mol. The minimum absolute atomic E-state index is 0.186. The summed E-state index contributed by atoms with van der Waals surface area (Å²) in [6.07, 6.45) is 1.28. The van der Waals surface area contributed by atoms with Crippen molar-refractivity contribution in [3.05, 3.63) is 64.1 Å². The van der Waals surface area contributed by atoms with Crippen LogP contribution in [0.25, 0.3) is 0 Å². The average molecular weight is 434 g/mol. The second-order valence-corrected chi connectivity index (χ2v) is 6.82. The van der Waals surface area contributed by atoms with E-state index in [0.717, 1.165) is 16.5 Å². The van der Waals surface area contributed by atoms with E-state index in [-0.39, 0.29) is 19.1 Å². The third-order valence-corrected chi connectivity index (χ3v) is 4.57. The van der Waals surface area contributed by atoms with Crippen LogP contribution in [0.15, 0.2) is 53.0 Å². The summed E-state index contributed by atoms with van der Waals surface area (Å²) in [7, 11) is 0. The average Bonchev–Trinajstić information content (AvgIpc) is 2.67. The van der Waals surface area contributed by atoms with Crippen molar-refractivity contribution < 1.29 is 19.1 Å². The summed E-state index contributed by atoms with van der Waals surface area (Å²) in [5.74, 6) is -0.253. The van der Waals surface area contributed by atoms with E-state index in [0.29, 0.717) is 12.2 Å². The molecule has 2 rings (SSSR count). The number of esters is 1. The predicted octanol–water partition coefficient (Wildman–Crippen LogP) is 3.68. The Balaban J connectivity index is 1.97. The summed E-state index contributed by atoms with van der Waals surface area (Å²) >= 11 is 3.45. The Hall–Kier alpha value is -2.34. The second kappa shape index (κ2) is 10.7. The van der Waals surface area contributed by atoms with Crippen LogP contribution in [0.3, 0.4) is 0 Å². The van der Waals surface area contributed by atoms with Crippen LogP contribution < -0.4 is 10.1 Å². The van der Waals surface area contributed by atoms with Crippen LogP contribution in [0.5, 0.6) is 5.75 Å². The second-order valence-electron chi connectivity index (χ2n) is 5.97. The van der Waals surface area contributed by atoms with E-state index in [1.54, 1.807) is 6.92 Å². The molecule has 2 aromatic rings. The Morgan fingerprint density at radius 3 is 2.44 bits per heavy atom. The summed E-state index contributed by atoms with van der Waals surface area (Å²) in [6.45, 7) is 3.87. The summed E-state index contributed by atoms with van der Waals surface area (Å²) in [5.41, 5.74) is 2.11. The van der Waals surface area contributed by atoms with Crippen molar-refractivity contribution in [2.24, 2.45) is 0 Å². The maximum atomic E-state index is 12.3. The summed E-state index contributed by atoms with van der Waals surface area (Å²) in [5, 5.41) is 2.71. The van der Waals surface area contributed by atoms with Crippen LogP contribution in [0.4, 0.5) is 0 Å².